The number of aromatic nitrogens is 2. The van der Waals surface area contributed by atoms with E-state index in [-0.39, 0.29) is 10.6 Å². The van der Waals surface area contributed by atoms with Gasteiger partial charge < -0.3 is 14.7 Å². The maximum atomic E-state index is 12.6. The van der Waals surface area contributed by atoms with E-state index in [4.69, 9.17) is 4.74 Å². The van der Waals surface area contributed by atoms with Crippen LogP contribution in [0.3, 0.4) is 0 Å². The summed E-state index contributed by atoms with van der Waals surface area (Å²) in [6, 6.07) is 9.52. The zero-order chi connectivity index (χ0) is 17.3. The van der Waals surface area contributed by atoms with Gasteiger partial charge in [0.2, 0.25) is 0 Å². The second kappa shape index (κ2) is 6.04. The smallest absolute Gasteiger partial charge is 0.323 e. The molecule has 126 valence electrons. The Morgan fingerprint density at radius 1 is 1.08 bits per heavy atom. The third kappa shape index (κ3) is 3.00. The number of fused-ring (bicyclic) bond motifs is 1. The predicted molar refractivity (Wildman–Crippen MR) is 92.1 cm³/mol. The van der Waals surface area contributed by atoms with Crippen LogP contribution in [0.1, 0.15) is 12.5 Å². The molecule has 3 rings (SSSR count). The molecule has 0 aliphatic heterocycles. The van der Waals surface area contributed by atoms with Crippen molar-refractivity contribution >= 4 is 26.7 Å². The van der Waals surface area contributed by atoms with Gasteiger partial charge in [-0.2, -0.15) is 0 Å². The average Bonchev–Trinajstić information content (AvgIpc) is 2.93. The lowest BCUT2D eigenvalue weighted by Gasteiger charge is -2.12. The summed E-state index contributed by atoms with van der Waals surface area (Å²) in [5.74, 6) is 0.715. The van der Waals surface area contributed by atoms with E-state index in [9.17, 15) is 13.2 Å². The van der Waals surface area contributed by atoms with Crippen molar-refractivity contribution in [3.8, 4) is 5.75 Å². The summed E-state index contributed by atoms with van der Waals surface area (Å²) in [4.78, 5) is 16.5. The third-order valence-corrected chi connectivity index (χ3v) is 5.09. The maximum absolute atomic E-state index is 12.6. The lowest BCUT2D eigenvalue weighted by Crippen LogP contribution is -2.13. The SMILES string of the molecule is CCc1cc(NS(=O)(=O)c2ccc3[nH]c(=O)[nH]c3c2)ccc1OC. The number of nitrogens with one attached hydrogen (secondary N) is 3. The second-order valence-corrected chi connectivity index (χ2v) is 6.95. The van der Waals surface area contributed by atoms with Gasteiger partial charge in [-0.15, -0.1) is 0 Å². The average molecular weight is 347 g/mol. The molecule has 3 aromatic rings. The van der Waals surface area contributed by atoms with Crippen LogP contribution in [0.15, 0.2) is 46.1 Å². The van der Waals surface area contributed by atoms with E-state index in [1.54, 1.807) is 31.4 Å². The van der Waals surface area contributed by atoms with Gasteiger partial charge in [0.25, 0.3) is 10.0 Å². The molecule has 0 spiro atoms. The molecule has 0 saturated heterocycles. The number of aromatic amines is 2. The van der Waals surface area contributed by atoms with Crippen LogP contribution >= 0.6 is 0 Å². The number of H-pyrrole nitrogens is 2. The maximum Gasteiger partial charge on any atom is 0.323 e. The van der Waals surface area contributed by atoms with E-state index in [0.717, 1.165) is 12.0 Å². The Labute approximate surface area is 138 Å². The molecule has 1 heterocycles. The number of rotatable bonds is 5. The number of ether oxygens (including phenoxy) is 1. The standard InChI is InChI=1S/C16H17N3O4S/c1-3-10-8-11(4-7-15(10)23-2)19-24(21,22)12-5-6-13-14(9-12)18-16(20)17-13/h4-9,19H,3H2,1-2H3,(H2,17,18,20). The van der Waals surface area contributed by atoms with Crippen molar-refractivity contribution in [2.24, 2.45) is 0 Å². The molecule has 0 amide bonds. The molecule has 24 heavy (non-hydrogen) atoms. The van der Waals surface area contributed by atoms with Crippen molar-refractivity contribution in [1.82, 2.24) is 9.97 Å². The van der Waals surface area contributed by atoms with Crippen LogP contribution in [-0.2, 0) is 16.4 Å². The van der Waals surface area contributed by atoms with Gasteiger partial charge in [-0.1, -0.05) is 6.92 Å². The summed E-state index contributed by atoms with van der Waals surface area (Å²) >= 11 is 0. The quantitative estimate of drug-likeness (QED) is 0.658. The lowest BCUT2D eigenvalue weighted by molar-refractivity contribution is 0.410. The molecule has 0 fully saturated rings. The highest BCUT2D eigenvalue weighted by atomic mass is 32.2. The third-order valence-electron chi connectivity index (χ3n) is 3.71. The molecule has 7 nitrogen and oxygen atoms in total. The first-order chi connectivity index (χ1) is 11.4. The molecule has 0 aliphatic rings. The van der Waals surface area contributed by atoms with Gasteiger partial charge in [-0.3, -0.25) is 4.72 Å². The number of anilines is 1. The summed E-state index contributed by atoms with van der Waals surface area (Å²) in [5.41, 5.74) is 1.97. The molecule has 0 bridgehead atoms. The largest absolute Gasteiger partial charge is 0.496 e. The first-order valence-electron chi connectivity index (χ1n) is 7.34. The molecule has 1 aromatic heterocycles. The Balaban J connectivity index is 1.96. The predicted octanol–water partition coefficient (Wildman–Crippen LogP) is 2.23. The van der Waals surface area contributed by atoms with E-state index in [2.05, 4.69) is 14.7 Å². The van der Waals surface area contributed by atoms with Crippen molar-refractivity contribution in [2.75, 3.05) is 11.8 Å². The van der Waals surface area contributed by atoms with Crippen LogP contribution in [0.2, 0.25) is 0 Å². The zero-order valence-corrected chi connectivity index (χ0v) is 14.0. The minimum Gasteiger partial charge on any atom is -0.496 e. The van der Waals surface area contributed by atoms with E-state index >= 15 is 0 Å². The van der Waals surface area contributed by atoms with E-state index < -0.39 is 10.0 Å². The minimum atomic E-state index is -3.77. The first kappa shape index (κ1) is 16.1. The molecule has 0 aliphatic carbocycles. The molecule has 3 N–H and O–H groups in total. The van der Waals surface area contributed by atoms with E-state index in [1.165, 1.54) is 12.1 Å². The van der Waals surface area contributed by atoms with Crippen molar-refractivity contribution in [3.63, 3.8) is 0 Å². The zero-order valence-electron chi connectivity index (χ0n) is 13.2. The fraction of sp³-hybridized carbons (Fsp3) is 0.188. The van der Waals surface area contributed by atoms with E-state index in [1.807, 2.05) is 6.92 Å². The monoisotopic (exact) mass is 347 g/mol. The number of hydrogen-bond acceptors (Lipinski definition) is 4. The van der Waals surface area contributed by atoms with Crippen LogP contribution in [0.4, 0.5) is 5.69 Å². The Morgan fingerprint density at radius 3 is 2.54 bits per heavy atom. The van der Waals surface area contributed by atoms with Crippen molar-refractivity contribution in [3.05, 3.63) is 52.4 Å². The summed E-state index contributed by atoms with van der Waals surface area (Å²) in [5, 5.41) is 0. The Bertz CT molecular complexity index is 1050. The highest BCUT2D eigenvalue weighted by molar-refractivity contribution is 7.92. The van der Waals surface area contributed by atoms with Crippen molar-refractivity contribution < 1.29 is 13.2 Å². The molecular weight excluding hydrogens is 330 g/mol. The molecular formula is C16H17N3O4S. The molecule has 0 radical (unpaired) electrons. The van der Waals surface area contributed by atoms with Crippen LogP contribution in [0, 0.1) is 0 Å². The van der Waals surface area contributed by atoms with Gasteiger partial charge in [-0.25, -0.2) is 13.2 Å². The van der Waals surface area contributed by atoms with E-state index in [0.29, 0.717) is 22.5 Å². The normalized spacial score (nSPS) is 11.6. The van der Waals surface area contributed by atoms with Gasteiger partial charge in [0, 0.05) is 5.69 Å². The first-order valence-corrected chi connectivity index (χ1v) is 8.83. The number of hydrogen-bond donors (Lipinski definition) is 3. The van der Waals surface area contributed by atoms with Crippen LogP contribution in [-0.4, -0.2) is 25.5 Å². The molecule has 2 aromatic carbocycles. The Hall–Kier alpha value is -2.74. The van der Waals surface area contributed by atoms with Crippen LogP contribution < -0.4 is 15.1 Å². The van der Waals surface area contributed by atoms with Gasteiger partial charge in [0.05, 0.1) is 23.0 Å². The minimum absolute atomic E-state index is 0.0686. The topological polar surface area (TPSA) is 104 Å². The molecule has 0 atom stereocenters. The summed E-state index contributed by atoms with van der Waals surface area (Å²) < 4.78 is 32.9. The van der Waals surface area contributed by atoms with Gasteiger partial charge >= 0.3 is 5.69 Å². The Kier molecular flexibility index (Phi) is 4.06. The van der Waals surface area contributed by atoms with Gasteiger partial charge in [0.15, 0.2) is 0 Å². The van der Waals surface area contributed by atoms with Crippen LogP contribution in [0.5, 0.6) is 5.75 Å². The van der Waals surface area contributed by atoms with Crippen LogP contribution in [0.25, 0.3) is 11.0 Å². The fourth-order valence-corrected chi connectivity index (χ4v) is 3.59. The second-order valence-electron chi connectivity index (χ2n) is 5.27. The molecule has 0 unspecified atom stereocenters. The van der Waals surface area contributed by atoms with Gasteiger partial charge in [-0.05, 0) is 48.4 Å². The highest BCUT2D eigenvalue weighted by Gasteiger charge is 2.16. The number of benzene rings is 2. The number of methoxy groups -OCH3 is 1. The van der Waals surface area contributed by atoms with Crippen molar-refractivity contribution in [1.29, 1.82) is 0 Å². The lowest BCUT2D eigenvalue weighted by atomic mass is 10.1. The number of imidazole rings is 1. The van der Waals surface area contributed by atoms with Crippen molar-refractivity contribution in [2.45, 2.75) is 18.2 Å². The number of sulfonamides is 1. The molecule has 8 heteroatoms. The summed E-state index contributed by atoms with van der Waals surface area (Å²) in [7, 11) is -2.19. The fourth-order valence-electron chi connectivity index (χ4n) is 2.51. The summed E-state index contributed by atoms with van der Waals surface area (Å²) in [6.45, 7) is 1.96. The summed E-state index contributed by atoms with van der Waals surface area (Å²) in [6.07, 6.45) is 0.718. The highest BCUT2D eigenvalue weighted by Crippen LogP contribution is 2.25. The Morgan fingerprint density at radius 2 is 1.83 bits per heavy atom. The number of aryl methyl sites for hydroxylation is 1. The van der Waals surface area contributed by atoms with Gasteiger partial charge in [0.1, 0.15) is 5.75 Å². The molecule has 0 saturated carbocycles.